The molecule has 0 aromatic rings. The third-order valence-electron chi connectivity index (χ3n) is 2.82. The van der Waals surface area contributed by atoms with Gasteiger partial charge in [-0.1, -0.05) is 0 Å². The molecule has 2 heterocycles. The number of ether oxygens (including phenoxy) is 1. The molecule has 2 bridgehead atoms. The predicted octanol–water partition coefficient (Wildman–Crippen LogP) is -0.369. The average Bonchev–Trinajstić information content (AvgIpc) is 1.92. The van der Waals surface area contributed by atoms with Crippen LogP contribution in [0.4, 0.5) is 0 Å². The van der Waals surface area contributed by atoms with Crippen LogP contribution < -0.4 is 0 Å². The molecule has 2 saturated heterocycles. The lowest BCUT2D eigenvalue weighted by Gasteiger charge is -2.47. The molecule has 0 aromatic heterocycles. The summed E-state index contributed by atoms with van der Waals surface area (Å²) in [5.41, 5.74) is 0. The lowest BCUT2D eigenvalue weighted by atomic mass is 10.1. The van der Waals surface area contributed by atoms with Crippen LogP contribution in [0, 0.1) is 0 Å². The topological polar surface area (TPSA) is 15.7 Å². The fourth-order valence-electron chi connectivity index (χ4n) is 2.03. The van der Waals surface area contributed by atoms with Gasteiger partial charge in [-0.15, -0.1) is 0 Å². The number of fused-ring (bicyclic) bond motifs is 2. The van der Waals surface area contributed by atoms with Crippen LogP contribution in [-0.4, -0.2) is 62.3 Å². The Morgan fingerprint density at radius 1 is 1.09 bits per heavy atom. The molecule has 2 atom stereocenters. The van der Waals surface area contributed by atoms with Crippen LogP contribution in [0.25, 0.3) is 0 Å². The van der Waals surface area contributed by atoms with Gasteiger partial charge in [-0.05, 0) is 14.1 Å². The van der Waals surface area contributed by atoms with Crippen molar-refractivity contribution < 1.29 is 4.74 Å². The fourth-order valence-corrected chi connectivity index (χ4v) is 2.03. The van der Waals surface area contributed by atoms with Crippen molar-refractivity contribution >= 4 is 0 Å². The Labute approximate surface area is 67.9 Å². The molecule has 0 spiro atoms. The Kier molecular flexibility index (Phi) is 1.87. The van der Waals surface area contributed by atoms with E-state index in [9.17, 15) is 0 Å². The minimum Gasteiger partial charge on any atom is -0.378 e. The van der Waals surface area contributed by atoms with Crippen molar-refractivity contribution in [2.45, 2.75) is 12.1 Å². The van der Waals surface area contributed by atoms with Crippen LogP contribution in [-0.2, 0) is 4.74 Å². The lowest BCUT2D eigenvalue weighted by molar-refractivity contribution is -0.0798. The third kappa shape index (κ3) is 1.28. The van der Waals surface area contributed by atoms with Crippen molar-refractivity contribution in [3.05, 3.63) is 0 Å². The molecule has 3 nitrogen and oxygen atoms in total. The van der Waals surface area contributed by atoms with Crippen LogP contribution in [0.2, 0.25) is 0 Å². The number of hydrogen-bond acceptors (Lipinski definition) is 3. The first-order chi connectivity index (χ1) is 5.27. The number of rotatable bonds is 0. The maximum Gasteiger partial charge on any atom is 0.0635 e. The summed E-state index contributed by atoms with van der Waals surface area (Å²) < 4.78 is 5.49. The highest BCUT2D eigenvalue weighted by Crippen LogP contribution is 2.17. The molecule has 0 amide bonds. The Balaban J connectivity index is 2.07. The number of piperazine rings is 1. The van der Waals surface area contributed by atoms with E-state index in [2.05, 4.69) is 23.9 Å². The van der Waals surface area contributed by atoms with Gasteiger partial charge in [-0.3, -0.25) is 4.90 Å². The molecule has 2 unspecified atom stereocenters. The molecule has 2 rings (SSSR count). The third-order valence-corrected chi connectivity index (χ3v) is 2.82. The number of morpholine rings is 1. The molecule has 2 aliphatic rings. The highest BCUT2D eigenvalue weighted by molar-refractivity contribution is 4.88. The molecule has 0 aliphatic carbocycles. The van der Waals surface area contributed by atoms with Gasteiger partial charge in [0, 0.05) is 25.2 Å². The van der Waals surface area contributed by atoms with Crippen molar-refractivity contribution in [2.75, 3.05) is 40.4 Å². The fraction of sp³-hybridized carbons (Fsp3) is 1.00. The van der Waals surface area contributed by atoms with Crippen LogP contribution in [0.1, 0.15) is 0 Å². The van der Waals surface area contributed by atoms with E-state index < -0.39 is 0 Å². The number of likely N-dealkylation sites (N-methyl/N-ethyl adjacent to an activating group) is 2. The molecule has 2 aliphatic heterocycles. The summed E-state index contributed by atoms with van der Waals surface area (Å²) in [5, 5.41) is 0. The van der Waals surface area contributed by atoms with E-state index >= 15 is 0 Å². The van der Waals surface area contributed by atoms with Gasteiger partial charge in [0.05, 0.1) is 13.2 Å². The molecule has 2 fully saturated rings. The monoisotopic (exact) mass is 156 g/mol. The molecule has 64 valence electrons. The van der Waals surface area contributed by atoms with Crippen LogP contribution >= 0.6 is 0 Å². The van der Waals surface area contributed by atoms with E-state index in [1.54, 1.807) is 0 Å². The second kappa shape index (κ2) is 2.73. The molecule has 11 heavy (non-hydrogen) atoms. The van der Waals surface area contributed by atoms with Gasteiger partial charge in [0.15, 0.2) is 0 Å². The SMILES string of the molecule is CN1CC2COCC(C1)N2C. The standard InChI is InChI=1S/C8H16N2O/c1-9-3-7-5-11-6-8(4-9)10(7)2/h7-8H,3-6H2,1-2H3. The van der Waals surface area contributed by atoms with E-state index in [1.165, 1.54) is 0 Å². The van der Waals surface area contributed by atoms with Crippen molar-refractivity contribution in [2.24, 2.45) is 0 Å². The maximum absolute atomic E-state index is 5.49. The summed E-state index contributed by atoms with van der Waals surface area (Å²) in [7, 11) is 4.41. The number of hydrogen-bond donors (Lipinski definition) is 0. The first-order valence-corrected chi connectivity index (χ1v) is 4.25. The first-order valence-electron chi connectivity index (χ1n) is 4.25. The molecule has 0 radical (unpaired) electrons. The smallest absolute Gasteiger partial charge is 0.0635 e. The molecule has 0 saturated carbocycles. The molecular formula is C8H16N2O. The van der Waals surface area contributed by atoms with Gasteiger partial charge in [0.25, 0.3) is 0 Å². The van der Waals surface area contributed by atoms with Gasteiger partial charge in [-0.2, -0.15) is 0 Å². The average molecular weight is 156 g/mol. The van der Waals surface area contributed by atoms with Gasteiger partial charge >= 0.3 is 0 Å². The minimum atomic E-state index is 0.632. The Morgan fingerprint density at radius 3 is 2.18 bits per heavy atom. The minimum absolute atomic E-state index is 0.632. The summed E-state index contributed by atoms with van der Waals surface area (Å²) in [6.45, 7) is 4.15. The van der Waals surface area contributed by atoms with Gasteiger partial charge < -0.3 is 9.64 Å². The van der Waals surface area contributed by atoms with Crippen LogP contribution in [0.5, 0.6) is 0 Å². The normalized spacial score (nSPS) is 40.9. The molecular weight excluding hydrogens is 140 g/mol. The van der Waals surface area contributed by atoms with E-state index in [4.69, 9.17) is 4.74 Å². The highest BCUT2D eigenvalue weighted by Gasteiger charge is 2.33. The zero-order valence-electron chi connectivity index (χ0n) is 7.29. The van der Waals surface area contributed by atoms with Crippen molar-refractivity contribution in [3.63, 3.8) is 0 Å². The van der Waals surface area contributed by atoms with Gasteiger partial charge in [0.1, 0.15) is 0 Å². The lowest BCUT2D eigenvalue weighted by Crippen LogP contribution is -2.62. The highest BCUT2D eigenvalue weighted by atomic mass is 16.5. The number of nitrogens with zero attached hydrogens (tertiary/aromatic N) is 2. The van der Waals surface area contributed by atoms with Crippen LogP contribution in [0.15, 0.2) is 0 Å². The second-order valence-electron chi connectivity index (χ2n) is 3.73. The van der Waals surface area contributed by atoms with Crippen molar-refractivity contribution in [1.82, 2.24) is 9.80 Å². The molecule has 0 aromatic carbocycles. The summed E-state index contributed by atoms with van der Waals surface area (Å²) in [6.07, 6.45) is 0. The Morgan fingerprint density at radius 2 is 1.64 bits per heavy atom. The van der Waals surface area contributed by atoms with E-state index in [1.807, 2.05) is 0 Å². The van der Waals surface area contributed by atoms with Crippen LogP contribution in [0.3, 0.4) is 0 Å². The van der Waals surface area contributed by atoms with Gasteiger partial charge in [-0.25, -0.2) is 0 Å². The predicted molar refractivity (Wildman–Crippen MR) is 43.7 cm³/mol. The summed E-state index contributed by atoms with van der Waals surface area (Å²) >= 11 is 0. The largest absolute Gasteiger partial charge is 0.378 e. The molecule has 0 N–H and O–H groups in total. The zero-order valence-corrected chi connectivity index (χ0v) is 7.29. The first kappa shape index (κ1) is 7.53. The zero-order chi connectivity index (χ0) is 7.84. The van der Waals surface area contributed by atoms with E-state index in [-0.39, 0.29) is 0 Å². The van der Waals surface area contributed by atoms with Gasteiger partial charge in [0.2, 0.25) is 0 Å². The quantitative estimate of drug-likeness (QED) is 0.476. The molecule has 3 heteroatoms. The van der Waals surface area contributed by atoms with Crippen molar-refractivity contribution in [3.8, 4) is 0 Å². The maximum atomic E-state index is 5.49. The summed E-state index contributed by atoms with van der Waals surface area (Å²) in [6, 6.07) is 1.26. The van der Waals surface area contributed by atoms with Crippen molar-refractivity contribution in [1.29, 1.82) is 0 Å². The second-order valence-corrected chi connectivity index (χ2v) is 3.73. The Hall–Kier alpha value is -0.120. The summed E-state index contributed by atoms with van der Waals surface area (Å²) in [5.74, 6) is 0. The van der Waals surface area contributed by atoms with E-state index in [0.29, 0.717) is 12.1 Å². The Bertz CT molecular complexity index is 137. The van der Waals surface area contributed by atoms with E-state index in [0.717, 1.165) is 26.3 Å². The summed E-state index contributed by atoms with van der Waals surface area (Å²) in [4.78, 5) is 4.86.